The molecule has 0 saturated heterocycles. The molecular formula is C30H37ClN4O4S. The van der Waals surface area contributed by atoms with E-state index < -0.39 is 28.7 Å². The van der Waals surface area contributed by atoms with Gasteiger partial charge in [-0.2, -0.15) is 12.7 Å². The lowest BCUT2D eigenvalue weighted by atomic mass is 10.0. The van der Waals surface area contributed by atoms with E-state index in [9.17, 15) is 18.0 Å². The number of halogens is 1. The van der Waals surface area contributed by atoms with Gasteiger partial charge in [-0.05, 0) is 41.8 Å². The fourth-order valence-electron chi connectivity index (χ4n) is 4.20. The van der Waals surface area contributed by atoms with Crippen LogP contribution in [0.4, 0.5) is 5.69 Å². The van der Waals surface area contributed by atoms with Crippen LogP contribution in [0.1, 0.15) is 30.9 Å². The maximum absolute atomic E-state index is 14.1. The summed E-state index contributed by atoms with van der Waals surface area (Å²) >= 11 is 6.25. The van der Waals surface area contributed by atoms with Crippen LogP contribution in [0.2, 0.25) is 5.02 Å². The second kappa shape index (κ2) is 14.8. The van der Waals surface area contributed by atoms with Gasteiger partial charge in [0.25, 0.3) is 0 Å². The number of carbonyl (C=O) groups is 2. The number of benzene rings is 3. The van der Waals surface area contributed by atoms with Crippen molar-refractivity contribution in [2.24, 2.45) is 0 Å². The van der Waals surface area contributed by atoms with Crippen LogP contribution in [0.15, 0.2) is 84.9 Å². The van der Waals surface area contributed by atoms with Crippen molar-refractivity contribution in [3.63, 3.8) is 0 Å². The lowest BCUT2D eigenvalue weighted by molar-refractivity contribution is -0.140. The van der Waals surface area contributed by atoms with E-state index in [-0.39, 0.29) is 18.9 Å². The van der Waals surface area contributed by atoms with E-state index in [2.05, 4.69) is 5.32 Å². The first-order chi connectivity index (χ1) is 19.1. The summed E-state index contributed by atoms with van der Waals surface area (Å²) in [4.78, 5) is 29.2. The average molecular weight is 585 g/mol. The van der Waals surface area contributed by atoms with Gasteiger partial charge >= 0.3 is 10.2 Å². The molecule has 214 valence electrons. The molecule has 3 aromatic carbocycles. The van der Waals surface area contributed by atoms with E-state index in [0.29, 0.717) is 17.3 Å². The molecule has 0 saturated carbocycles. The van der Waals surface area contributed by atoms with Gasteiger partial charge in [0.1, 0.15) is 12.6 Å². The van der Waals surface area contributed by atoms with Crippen LogP contribution < -0.4 is 9.62 Å². The number of amides is 2. The van der Waals surface area contributed by atoms with E-state index in [1.165, 1.54) is 19.0 Å². The van der Waals surface area contributed by atoms with Crippen molar-refractivity contribution in [1.82, 2.24) is 14.5 Å². The Labute approximate surface area is 242 Å². The lowest BCUT2D eigenvalue weighted by Gasteiger charge is -2.34. The summed E-state index contributed by atoms with van der Waals surface area (Å²) in [5, 5.41) is 3.47. The van der Waals surface area contributed by atoms with Crippen molar-refractivity contribution in [3.05, 3.63) is 101 Å². The number of hydrogen-bond donors (Lipinski definition) is 1. The summed E-state index contributed by atoms with van der Waals surface area (Å²) in [6.07, 6.45) is 1.97. The predicted octanol–water partition coefficient (Wildman–Crippen LogP) is 4.51. The van der Waals surface area contributed by atoms with Gasteiger partial charge in [-0.25, -0.2) is 4.31 Å². The fourth-order valence-corrected chi connectivity index (χ4v) is 5.47. The zero-order chi connectivity index (χ0) is 29.1. The Hall–Kier alpha value is -3.40. The smallest absolute Gasteiger partial charge is 0.304 e. The summed E-state index contributed by atoms with van der Waals surface area (Å²) in [5.41, 5.74) is 1.95. The van der Waals surface area contributed by atoms with Crippen LogP contribution in [0.5, 0.6) is 0 Å². The maximum Gasteiger partial charge on any atom is 0.304 e. The largest absolute Gasteiger partial charge is 0.354 e. The van der Waals surface area contributed by atoms with Crippen LogP contribution in [0.25, 0.3) is 0 Å². The highest BCUT2D eigenvalue weighted by atomic mass is 35.5. The van der Waals surface area contributed by atoms with Crippen molar-refractivity contribution in [2.75, 3.05) is 31.5 Å². The number of unbranched alkanes of at least 4 members (excludes halogenated alkanes) is 1. The van der Waals surface area contributed by atoms with E-state index >= 15 is 0 Å². The molecule has 1 N–H and O–H groups in total. The highest BCUT2D eigenvalue weighted by Gasteiger charge is 2.34. The first-order valence-electron chi connectivity index (χ1n) is 13.2. The molecule has 0 aliphatic heterocycles. The number of carbonyl (C=O) groups excluding carboxylic acids is 2. The lowest BCUT2D eigenvalue weighted by Crippen LogP contribution is -2.54. The third-order valence-electron chi connectivity index (χ3n) is 6.41. The summed E-state index contributed by atoms with van der Waals surface area (Å²) in [6.45, 7) is 2.10. The molecule has 0 heterocycles. The van der Waals surface area contributed by atoms with E-state index in [4.69, 9.17) is 11.6 Å². The van der Waals surface area contributed by atoms with Gasteiger partial charge in [-0.1, -0.05) is 85.6 Å². The van der Waals surface area contributed by atoms with E-state index in [0.717, 1.165) is 32.6 Å². The van der Waals surface area contributed by atoms with E-state index in [1.54, 1.807) is 48.5 Å². The molecule has 0 aliphatic carbocycles. The van der Waals surface area contributed by atoms with Gasteiger partial charge in [-0.3, -0.25) is 9.59 Å². The second-order valence-corrected chi connectivity index (χ2v) is 12.1. The quantitative estimate of drug-likeness (QED) is 0.282. The Morgan fingerprint density at radius 3 is 2.12 bits per heavy atom. The van der Waals surface area contributed by atoms with Gasteiger partial charge < -0.3 is 10.2 Å². The van der Waals surface area contributed by atoms with Gasteiger partial charge in [0, 0.05) is 38.6 Å². The predicted molar refractivity (Wildman–Crippen MR) is 160 cm³/mol. The zero-order valence-corrected chi connectivity index (χ0v) is 24.7. The normalized spacial score (nSPS) is 12.1. The van der Waals surface area contributed by atoms with Gasteiger partial charge in [0.15, 0.2) is 0 Å². The van der Waals surface area contributed by atoms with Crippen LogP contribution >= 0.6 is 11.6 Å². The second-order valence-electron chi connectivity index (χ2n) is 9.63. The minimum atomic E-state index is -4.03. The maximum atomic E-state index is 14.1. The molecule has 10 heteroatoms. The van der Waals surface area contributed by atoms with Crippen LogP contribution in [0, 0.1) is 0 Å². The third kappa shape index (κ3) is 8.55. The monoisotopic (exact) mass is 584 g/mol. The summed E-state index contributed by atoms with van der Waals surface area (Å²) in [6, 6.07) is 24.1. The molecule has 40 heavy (non-hydrogen) atoms. The SMILES string of the molecule is CCCCNC(=O)[C@H](Cc1ccccc1)N(Cc1cccc(Cl)c1)C(=O)CN(c1ccccc1)S(=O)(=O)N(C)C. The number of hydrogen-bond acceptors (Lipinski definition) is 4. The minimum absolute atomic E-state index is 0.0722. The number of anilines is 1. The molecule has 0 bridgehead atoms. The molecule has 0 aromatic heterocycles. The molecule has 3 aromatic rings. The van der Waals surface area contributed by atoms with Crippen molar-refractivity contribution in [2.45, 2.75) is 38.8 Å². The number of nitrogens with one attached hydrogen (secondary N) is 1. The summed E-state index contributed by atoms with van der Waals surface area (Å²) < 4.78 is 28.8. The van der Waals surface area contributed by atoms with Crippen LogP contribution in [-0.4, -0.2) is 62.7 Å². The molecule has 2 amide bonds. The highest BCUT2D eigenvalue weighted by Crippen LogP contribution is 2.22. The van der Waals surface area contributed by atoms with Crippen molar-refractivity contribution < 1.29 is 18.0 Å². The molecule has 0 fully saturated rings. The number of para-hydroxylation sites is 1. The van der Waals surface area contributed by atoms with Crippen molar-refractivity contribution >= 4 is 39.3 Å². The molecule has 8 nitrogen and oxygen atoms in total. The molecular weight excluding hydrogens is 548 g/mol. The molecule has 0 unspecified atom stereocenters. The molecule has 3 rings (SSSR count). The standard InChI is InChI=1S/C30H37ClN4O4S/c1-4-5-19-32-30(37)28(21-24-13-8-6-9-14-24)34(22-25-15-12-16-26(31)20-25)29(36)23-35(40(38,39)33(2)3)27-17-10-7-11-18-27/h6-18,20,28H,4-5,19,21-23H2,1-3H3,(H,32,37)/t28-/m0/s1. The van der Waals surface area contributed by atoms with Gasteiger partial charge in [0.05, 0.1) is 5.69 Å². The van der Waals surface area contributed by atoms with E-state index in [1.807, 2.05) is 43.3 Å². The Balaban J connectivity index is 2.05. The molecule has 0 radical (unpaired) electrons. The summed E-state index contributed by atoms with van der Waals surface area (Å²) in [5.74, 6) is -0.810. The zero-order valence-electron chi connectivity index (χ0n) is 23.2. The Morgan fingerprint density at radius 2 is 1.52 bits per heavy atom. The van der Waals surface area contributed by atoms with Crippen molar-refractivity contribution in [1.29, 1.82) is 0 Å². The first-order valence-corrected chi connectivity index (χ1v) is 15.0. The number of nitrogens with zero attached hydrogens (tertiary/aromatic N) is 3. The van der Waals surface area contributed by atoms with Crippen LogP contribution in [0.3, 0.4) is 0 Å². The number of rotatable bonds is 14. The highest BCUT2D eigenvalue weighted by molar-refractivity contribution is 7.90. The van der Waals surface area contributed by atoms with Gasteiger partial charge in [0.2, 0.25) is 11.8 Å². The molecule has 1 atom stereocenters. The van der Waals surface area contributed by atoms with Gasteiger partial charge in [-0.15, -0.1) is 0 Å². The average Bonchev–Trinajstić information content (AvgIpc) is 2.94. The molecule has 0 aliphatic rings. The van der Waals surface area contributed by atoms with Crippen LogP contribution in [-0.2, 0) is 32.8 Å². The Bertz CT molecular complexity index is 1350. The first kappa shape index (κ1) is 31.1. The van der Waals surface area contributed by atoms with Crippen molar-refractivity contribution in [3.8, 4) is 0 Å². The Kier molecular flexibility index (Phi) is 11.5. The Morgan fingerprint density at radius 1 is 0.900 bits per heavy atom. The molecule has 0 spiro atoms. The third-order valence-corrected chi connectivity index (χ3v) is 8.46. The summed E-state index contributed by atoms with van der Waals surface area (Å²) in [7, 11) is -1.19. The topological polar surface area (TPSA) is 90.0 Å². The fraction of sp³-hybridized carbons (Fsp3) is 0.333. The minimum Gasteiger partial charge on any atom is -0.354 e.